The molecule has 1 aromatic rings. The Morgan fingerprint density at radius 1 is 1.38 bits per heavy atom. The van der Waals surface area contributed by atoms with E-state index in [1.807, 2.05) is 18.2 Å². The number of hydrogen-bond donors (Lipinski definition) is 1. The summed E-state index contributed by atoms with van der Waals surface area (Å²) in [6.07, 6.45) is 2.62. The van der Waals surface area contributed by atoms with Gasteiger partial charge in [-0.2, -0.15) is 0 Å². The largest absolute Gasteiger partial charge is 0.497 e. The van der Waals surface area contributed by atoms with Crippen molar-refractivity contribution < 1.29 is 4.74 Å². The molecule has 1 saturated heterocycles. The zero-order valence-electron chi connectivity index (χ0n) is 9.86. The molecule has 88 valence electrons. The first-order chi connectivity index (χ1) is 7.79. The zero-order chi connectivity index (χ0) is 11.4. The molecular weight excluding hydrogens is 200 g/mol. The SMILES string of the molecule is COc1cccc([C@@H](N)CN2CCCC2)c1. The maximum Gasteiger partial charge on any atom is 0.119 e. The number of benzene rings is 1. The second-order valence-electron chi connectivity index (χ2n) is 4.39. The van der Waals surface area contributed by atoms with E-state index in [9.17, 15) is 0 Å². The average molecular weight is 220 g/mol. The molecule has 0 aliphatic carbocycles. The van der Waals surface area contributed by atoms with E-state index >= 15 is 0 Å². The van der Waals surface area contributed by atoms with Crippen molar-refractivity contribution in [2.45, 2.75) is 18.9 Å². The molecule has 1 heterocycles. The number of nitrogens with two attached hydrogens (primary N) is 1. The molecule has 1 atom stereocenters. The van der Waals surface area contributed by atoms with Crippen LogP contribution in [0.15, 0.2) is 24.3 Å². The summed E-state index contributed by atoms with van der Waals surface area (Å²) >= 11 is 0. The minimum atomic E-state index is 0.0909. The highest BCUT2D eigenvalue weighted by atomic mass is 16.5. The van der Waals surface area contributed by atoms with Gasteiger partial charge in [-0.25, -0.2) is 0 Å². The highest BCUT2D eigenvalue weighted by Gasteiger charge is 2.16. The molecule has 1 aliphatic heterocycles. The summed E-state index contributed by atoms with van der Waals surface area (Å²) in [6.45, 7) is 3.34. The smallest absolute Gasteiger partial charge is 0.119 e. The molecule has 0 bridgehead atoms. The zero-order valence-corrected chi connectivity index (χ0v) is 9.86. The molecule has 3 heteroatoms. The Hall–Kier alpha value is -1.06. The van der Waals surface area contributed by atoms with Crippen LogP contribution in [-0.2, 0) is 0 Å². The van der Waals surface area contributed by atoms with Gasteiger partial charge < -0.3 is 15.4 Å². The fraction of sp³-hybridized carbons (Fsp3) is 0.538. The summed E-state index contributed by atoms with van der Waals surface area (Å²) < 4.78 is 5.21. The van der Waals surface area contributed by atoms with Gasteiger partial charge in [-0.3, -0.25) is 0 Å². The Bertz CT molecular complexity index is 334. The molecule has 1 aliphatic rings. The molecule has 2 N–H and O–H groups in total. The van der Waals surface area contributed by atoms with Crippen LogP contribution in [0.4, 0.5) is 0 Å². The molecule has 16 heavy (non-hydrogen) atoms. The first kappa shape index (κ1) is 11.4. The molecule has 1 aromatic carbocycles. The van der Waals surface area contributed by atoms with Crippen LogP contribution in [0.1, 0.15) is 24.4 Å². The van der Waals surface area contributed by atoms with Crippen molar-refractivity contribution in [1.82, 2.24) is 4.90 Å². The molecule has 0 spiro atoms. The lowest BCUT2D eigenvalue weighted by Crippen LogP contribution is -2.29. The molecule has 0 saturated carbocycles. The third-order valence-electron chi connectivity index (χ3n) is 3.18. The number of nitrogens with zero attached hydrogens (tertiary/aromatic N) is 1. The van der Waals surface area contributed by atoms with Gasteiger partial charge in [0.2, 0.25) is 0 Å². The first-order valence-corrected chi connectivity index (χ1v) is 5.91. The molecule has 0 radical (unpaired) electrons. The van der Waals surface area contributed by atoms with Crippen LogP contribution in [0.25, 0.3) is 0 Å². The van der Waals surface area contributed by atoms with Crippen LogP contribution < -0.4 is 10.5 Å². The number of methoxy groups -OCH3 is 1. The van der Waals surface area contributed by atoms with Crippen molar-refractivity contribution >= 4 is 0 Å². The van der Waals surface area contributed by atoms with E-state index in [2.05, 4.69) is 11.0 Å². The lowest BCUT2D eigenvalue weighted by Gasteiger charge is -2.20. The maximum atomic E-state index is 6.20. The van der Waals surface area contributed by atoms with Gasteiger partial charge in [-0.1, -0.05) is 12.1 Å². The molecule has 0 aromatic heterocycles. The predicted octanol–water partition coefficient (Wildman–Crippen LogP) is 1.79. The van der Waals surface area contributed by atoms with Crippen LogP contribution in [0, 0.1) is 0 Å². The van der Waals surface area contributed by atoms with E-state index in [0.29, 0.717) is 0 Å². The van der Waals surface area contributed by atoms with E-state index in [-0.39, 0.29) is 6.04 Å². The second kappa shape index (κ2) is 5.32. The van der Waals surface area contributed by atoms with Gasteiger partial charge in [0, 0.05) is 12.6 Å². The quantitative estimate of drug-likeness (QED) is 0.840. The Balaban J connectivity index is 1.98. The standard InChI is InChI=1S/C13H20N2O/c1-16-12-6-4-5-11(9-12)13(14)10-15-7-2-3-8-15/h4-6,9,13H,2-3,7-8,10,14H2,1H3/t13-/m0/s1. The molecular formula is C13H20N2O. The number of ether oxygens (including phenoxy) is 1. The minimum absolute atomic E-state index is 0.0909. The summed E-state index contributed by atoms with van der Waals surface area (Å²) in [5, 5.41) is 0. The van der Waals surface area contributed by atoms with Gasteiger partial charge in [0.05, 0.1) is 7.11 Å². The Kier molecular flexibility index (Phi) is 3.80. The van der Waals surface area contributed by atoms with Gasteiger partial charge in [-0.15, -0.1) is 0 Å². The van der Waals surface area contributed by atoms with E-state index in [1.54, 1.807) is 7.11 Å². The lowest BCUT2D eigenvalue weighted by molar-refractivity contribution is 0.315. The van der Waals surface area contributed by atoms with Gasteiger partial charge in [0.25, 0.3) is 0 Å². The Morgan fingerprint density at radius 3 is 2.81 bits per heavy atom. The number of hydrogen-bond acceptors (Lipinski definition) is 3. The normalized spacial score (nSPS) is 18.6. The molecule has 0 unspecified atom stereocenters. The van der Waals surface area contributed by atoms with Crippen LogP contribution in [0.5, 0.6) is 5.75 Å². The molecule has 1 fully saturated rings. The summed E-state index contributed by atoms with van der Waals surface area (Å²) in [4.78, 5) is 2.43. The number of rotatable bonds is 4. The highest BCUT2D eigenvalue weighted by molar-refractivity contribution is 5.30. The highest BCUT2D eigenvalue weighted by Crippen LogP contribution is 2.19. The topological polar surface area (TPSA) is 38.5 Å². The lowest BCUT2D eigenvalue weighted by atomic mass is 10.1. The van der Waals surface area contributed by atoms with Crippen molar-refractivity contribution in [3.63, 3.8) is 0 Å². The van der Waals surface area contributed by atoms with Gasteiger partial charge >= 0.3 is 0 Å². The van der Waals surface area contributed by atoms with Crippen LogP contribution >= 0.6 is 0 Å². The van der Waals surface area contributed by atoms with Crippen molar-refractivity contribution in [2.24, 2.45) is 5.73 Å². The average Bonchev–Trinajstić information content (AvgIpc) is 2.82. The van der Waals surface area contributed by atoms with Crippen LogP contribution in [0.3, 0.4) is 0 Å². The Morgan fingerprint density at radius 2 is 2.12 bits per heavy atom. The van der Waals surface area contributed by atoms with Gasteiger partial charge in [0.1, 0.15) is 5.75 Å². The Labute approximate surface area is 97.2 Å². The fourth-order valence-corrected chi connectivity index (χ4v) is 2.22. The van der Waals surface area contributed by atoms with E-state index in [4.69, 9.17) is 10.5 Å². The third kappa shape index (κ3) is 2.74. The molecule has 2 rings (SSSR count). The maximum absolute atomic E-state index is 6.20. The minimum Gasteiger partial charge on any atom is -0.497 e. The van der Waals surface area contributed by atoms with Crippen LogP contribution in [0.2, 0.25) is 0 Å². The van der Waals surface area contributed by atoms with Crippen molar-refractivity contribution in [1.29, 1.82) is 0 Å². The van der Waals surface area contributed by atoms with Crippen LogP contribution in [-0.4, -0.2) is 31.6 Å². The monoisotopic (exact) mass is 220 g/mol. The van der Waals surface area contributed by atoms with E-state index in [0.717, 1.165) is 17.9 Å². The van der Waals surface area contributed by atoms with E-state index in [1.165, 1.54) is 25.9 Å². The van der Waals surface area contributed by atoms with E-state index < -0.39 is 0 Å². The fourth-order valence-electron chi connectivity index (χ4n) is 2.22. The predicted molar refractivity (Wildman–Crippen MR) is 65.6 cm³/mol. The molecule has 3 nitrogen and oxygen atoms in total. The molecule has 0 amide bonds. The second-order valence-corrected chi connectivity index (χ2v) is 4.39. The van der Waals surface area contributed by atoms with Crippen molar-refractivity contribution in [3.05, 3.63) is 29.8 Å². The number of likely N-dealkylation sites (tertiary alicyclic amines) is 1. The first-order valence-electron chi connectivity index (χ1n) is 5.91. The summed E-state index contributed by atoms with van der Waals surface area (Å²) in [5.41, 5.74) is 7.36. The van der Waals surface area contributed by atoms with Crippen molar-refractivity contribution in [3.8, 4) is 5.75 Å². The summed E-state index contributed by atoms with van der Waals surface area (Å²) in [7, 11) is 1.69. The summed E-state index contributed by atoms with van der Waals surface area (Å²) in [6, 6.07) is 8.14. The van der Waals surface area contributed by atoms with Crippen molar-refractivity contribution in [2.75, 3.05) is 26.7 Å². The van der Waals surface area contributed by atoms with Gasteiger partial charge in [-0.05, 0) is 43.6 Å². The third-order valence-corrected chi connectivity index (χ3v) is 3.18. The van der Waals surface area contributed by atoms with Gasteiger partial charge in [0.15, 0.2) is 0 Å². The summed E-state index contributed by atoms with van der Waals surface area (Å²) in [5.74, 6) is 0.884.